The number of aliphatic carboxylic acids is 1. The number of hydrogen-bond acceptors (Lipinski definition) is 5. The molecule has 3 aromatic rings. The topological polar surface area (TPSA) is 84.9 Å². The van der Waals surface area contributed by atoms with Gasteiger partial charge in [-0.15, -0.1) is 0 Å². The molecule has 0 radical (unpaired) electrons. The van der Waals surface area contributed by atoms with Crippen molar-refractivity contribution in [3.8, 4) is 22.6 Å². The van der Waals surface area contributed by atoms with Crippen molar-refractivity contribution >= 4 is 22.5 Å². The van der Waals surface area contributed by atoms with Crippen LogP contribution in [0.15, 0.2) is 54.6 Å². The molecule has 6 rings (SSSR count). The SMILES string of the molecule is O=C(O)CC1COc2cc(NCc3ccc4c(c3)-c3ccc(OCC5CCS(=O)CC5)cc3CCC4)ccc21. The predicted octanol–water partition coefficient (Wildman–Crippen LogP) is 5.94. The van der Waals surface area contributed by atoms with Crippen LogP contribution in [0.2, 0.25) is 0 Å². The van der Waals surface area contributed by atoms with Gasteiger partial charge in [-0.05, 0) is 90.1 Å². The molecule has 1 saturated heterocycles. The van der Waals surface area contributed by atoms with Crippen LogP contribution in [0.4, 0.5) is 5.69 Å². The van der Waals surface area contributed by atoms with Gasteiger partial charge in [-0.3, -0.25) is 9.00 Å². The summed E-state index contributed by atoms with van der Waals surface area (Å²) >= 11 is 0. The molecule has 1 aliphatic carbocycles. The first-order valence-electron chi connectivity index (χ1n) is 14.0. The second-order valence-corrected chi connectivity index (χ2v) is 12.7. The molecule has 1 fully saturated rings. The van der Waals surface area contributed by atoms with Gasteiger partial charge in [-0.1, -0.05) is 24.3 Å². The summed E-state index contributed by atoms with van der Waals surface area (Å²) in [5.41, 5.74) is 8.47. The van der Waals surface area contributed by atoms with Crippen LogP contribution >= 0.6 is 0 Å². The maximum absolute atomic E-state index is 11.6. The van der Waals surface area contributed by atoms with Crippen LogP contribution in [0.3, 0.4) is 0 Å². The number of aryl methyl sites for hydroxylation is 2. The Balaban J connectivity index is 1.14. The van der Waals surface area contributed by atoms with Gasteiger partial charge in [0.05, 0.1) is 19.6 Å². The molecule has 0 aromatic heterocycles. The quantitative estimate of drug-likeness (QED) is 0.364. The van der Waals surface area contributed by atoms with Gasteiger partial charge in [0.1, 0.15) is 11.5 Å². The Bertz CT molecular complexity index is 1390. The van der Waals surface area contributed by atoms with E-state index in [1.807, 2.05) is 18.2 Å². The summed E-state index contributed by atoms with van der Waals surface area (Å²) in [7, 11) is -0.635. The molecule has 3 aromatic carbocycles. The predicted molar refractivity (Wildman–Crippen MR) is 154 cm³/mol. The number of rotatable bonds is 8. The van der Waals surface area contributed by atoms with E-state index < -0.39 is 16.8 Å². The van der Waals surface area contributed by atoms with E-state index in [1.165, 1.54) is 27.8 Å². The minimum atomic E-state index is -0.800. The first-order valence-corrected chi connectivity index (χ1v) is 15.5. The third-order valence-electron chi connectivity index (χ3n) is 8.24. The van der Waals surface area contributed by atoms with Crippen LogP contribution in [0.5, 0.6) is 11.5 Å². The highest BCUT2D eigenvalue weighted by molar-refractivity contribution is 7.85. The third kappa shape index (κ3) is 5.98. The van der Waals surface area contributed by atoms with E-state index in [0.29, 0.717) is 25.7 Å². The van der Waals surface area contributed by atoms with Crippen molar-refractivity contribution in [3.05, 3.63) is 76.9 Å². The molecule has 204 valence electrons. The van der Waals surface area contributed by atoms with Gasteiger partial charge in [-0.2, -0.15) is 0 Å². The number of carboxylic acids is 1. The molecule has 0 saturated carbocycles. The molecule has 0 bridgehead atoms. The van der Waals surface area contributed by atoms with E-state index >= 15 is 0 Å². The largest absolute Gasteiger partial charge is 0.493 e. The first kappa shape index (κ1) is 25.9. The number of fused-ring (bicyclic) bond motifs is 4. The number of carbonyl (C=O) groups is 1. The monoisotopic (exact) mass is 545 g/mol. The van der Waals surface area contributed by atoms with Crippen molar-refractivity contribution in [2.24, 2.45) is 5.92 Å². The fourth-order valence-corrected chi connectivity index (χ4v) is 7.39. The van der Waals surface area contributed by atoms with Gasteiger partial charge in [0, 0.05) is 52.1 Å². The maximum Gasteiger partial charge on any atom is 0.304 e. The Hall–Kier alpha value is -3.32. The van der Waals surface area contributed by atoms with Gasteiger partial charge >= 0.3 is 5.97 Å². The number of benzene rings is 3. The Labute approximate surface area is 232 Å². The molecule has 1 atom stereocenters. The highest BCUT2D eigenvalue weighted by atomic mass is 32.2. The molecule has 2 heterocycles. The van der Waals surface area contributed by atoms with Crippen LogP contribution in [0.1, 0.15) is 53.9 Å². The molecule has 0 spiro atoms. The first-order chi connectivity index (χ1) is 19.0. The number of carboxylic acid groups (broad SMARTS) is 1. The summed E-state index contributed by atoms with van der Waals surface area (Å²) in [5, 5.41) is 12.7. The number of hydrogen-bond donors (Lipinski definition) is 2. The van der Waals surface area contributed by atoms with E-state index in [1.54, 1.807) is 0 Å². The summed E-state index contributed by atoms with van der Waals surface area (Å²) < 4.78 is 23.6. The third-order valence-corrected chi connectivity index (χ3v) is 9.62. The Morgan fingerprint density at radius 3 is 2.69 bits per heavy atom. The Morgan fingerprint density at radius 2 is 1.85 bits per heavy atom. The lowest BCUT2D eigenvalue weighted by molar-refractivity contribution is -0.137. The number of nitrogens with one attached hydrogen (secondary N) is 1. The molecular weight excluding hydrogens is 510 g/mol. The lowest BCUT2D eigenvalue weighted by atomic mass is 9.94. The van der Waals surface area contributed by atoms with Gasteiger partial charge in [0.2, 0.25) is 0 Å². The van der Waals surface area contributed by atoms with E-state index in [9.17, 15) is 9.00 Å². The number of ether oxygens (including phenoxy) is 2. The molecule has 0 amide bonds. The van der Waals surface area contributed by atoms with E-state index in [4.69, 9.17) is 14.6 Å². The fourth-order valence-electron chi connectivity index (χ4n) is 5.99. The van der Waals surface area contributed by atoms with Crippen molar-refractivity contribution in [1.82, 2.24) is 0 Å². The molecule has 2 N–H and O–H groups in total. The lowest BCUT2D eigenvalue weighted by Crippen LogP contribution is -2.23. The molecule has 3 aliphatic rings. The Morgan fingerprint density at radius 1 is 1.00 bits per heavy atom. The summed E-state index contributed by atoms with van der Waals surface area (Å²) in [6.07, 6.45) is 5.29. The van der Waals surface area contributed by atoms with Crippen LogP contribution in [0.25, 0.3) is 11.1 Å². The highest BCUT2D eigenvalue weighted by Gasteiger charge is 2.26. The fraction of sp³-hybridized carbons (Fsp3) is 0.406. The van der Waals surface area contributed by atoms with Gasteiger partial charge in [0.15, 0.2) is 0 Å². The van der Waals surface area contributed by atoms with Gasteiger partial charge < -0.3 is 19.9 Å². The van der Waals surface area contributed by atoms with Crippen LogP contribution < -0.4 is 14.8 Å². The van der Waals surface area contributed by atoms with E-state index in [0.717, 1.165) is 66.4 Å². The van der Waals surface area contributed by atoms with Gasteiger partial charge in [-0.25, -0.2) is 0 Å². The Kier molecular flexibility index (Phi) is 7.60. The smallest absolute Gasteiger partial charge is 0.304 e. The minimum absolute atomic E-state index is 0.0822. The van der Waals surface area contributed by atoms with Crippen LogP contribution in [-0.4, -0.2) is 40.0 Å². The highest BCUT2D eigenvalue weighted by Crippen LogP contribution is 2.38. The summed E-state index contributed by atoms with van der Waals surface area (Å²) in [5.74, 6) is 2.94. The average molecular weight is 546 g/mol. The number of anilines is 1. The molecular formula is C32H35NO5S. The molecule has 2 aliphatic heterocycles. The standard InChI is InChI=1S/C32H35NO5S/c34-32(35)16-25-20-38-31-17-26(6-8-29(25)31)33-18-22-4-5-23-2-1-3-24-15-27(7-9-28(24)30(23)14-22)37-19-21-10-12-39(36)13-11-21/h4-9,14-15,17,21,25,33H,1-3,10-13,16,18-20H2,(H,34,35). The maximum atomic E-state index is 11.6. The van der Waals surface area contributed by atoms with E-state index in [-0.39, 0.29) is 12.3 Å². The summed E-state index contributed by atoms with van der Waals surface area (Å²) in [4.78, 5) is 11.1. The zero-order valence-corrected chi connectivity index (χ0v) is 22.9. The van der Waals surface area contributed by atoms with Crippen molar-refractivity contribution < 1.29 is 23.6 Å². The summed E-state index contributed by atoms with van der Waals surface area (Å²) in [6, 6.07) is 19.3. The zero-order chi connectivity index (χ0) is 26.8. The van der Waals surface area contributed by atoms with Crippen molar-refractivity contribution in [2.45, 2.75) is 51.0 Å². The van der Waals surface area contributed by atoms with Gasteiger partial charge in [0.25, 0.3) is 0 Å². The zero-order valence-electron chi connectivity index (χ0n) is 22.1. The second-order valence-electron chi connectivity index (χ2n) is 11.0. The average Bonchev–Trinajstić information content (AvgIpc) is 3.23. The summed E-state index contributed by atoms with van der Waals surface area (Å²) in [6.45, 7) is 1.81. The van der Waals surface area contributed by atoms with Crippen molar-refractivity contribution in [1.29, 1.82) is 0 Å². The second kappa shape index (κ2) is 11.4. The molecule has 7 heteroatoms. The van der Waals surface area contributed by atoms with E-state index in [2.05, 4.69) is 41.7 Å². The van der Waals surface area contributed by atoms with Crippen molar-refractivity contribution in [2.75, 3.05) is 30.0 Å². The van der Waals surface area contributed by atoms with Crippen LogP contribution in [0, 0.1) is 5.92 Å². The normalized spacial score (nSPS) is 21.6. The molecule has 6 nitrogen and oxygen atoms in total. The lowest BCUT2D eigenvalue weighted by Gasteiger charge is -2.22. The molecule has 1 unspecified atom stereocenters. The minimum Gasteiger partial charge on any atom is -0.493 e. The van der Waals surface area contributed by atoms with Crippen molar-refractivity contribution in [3.63, 3.8) is 0 Å². The van der Waals surface area contributed by atoms with Crippen LogP contribution in [-0.2, 0) is 35.0 Å². The molecule has 39 heavy (non-hydrogen) atoms.